The van der Waals surface area contributed by atoms with E-state index in [1.54, 1.807) is 35.6 Å². The summed E-state index contributed by atoms with van der Waals surface area (Å²) >= 11 is 1.36. The standard InChI is InChI=1S/C19H18N2O4S/c1-4-21(12(2)22)19-20-14(11-26-19)8-9-15(23)17-10-13-6-5-7-16(24-3)18(13)25-17/h5-11H,4H2,1-3H3/b9-8+. The summed E-state index contributed by atoms with van der Waals surface area (Å²) in [5, 5.41) is 3.21. The summed E-state index contributed by atoms with van der Waals surface area (Å²) in [6, 6.07) is 7.16. The molecule has 2 aromatic heterocycles. The summed E-state index contributed by atoms with van der Waals surface area (Å²) in [4.78, 5) is 29.9. The molecule has 0 unspecified atom stereocenters. The van der Waals surface area contributed by atoms with Crippen LogP contribution in [0.3, 0.4) is 0 Å². The number of rotatable bonds is 6. The lowest BCUT2D eigenvalue weighted by atomic mass is 10.2. The Bertz CT molecular complexity index is 987. The van der Waals surface area contributed by atoms with Crippen molar-refractivity contribution in [2.75, 3.05) is 18.6 Å². The first-order valence-corrected chi connectivity index (χ1v) is 8.94. The first-order valence-electron chi connectivity index (χ1n) is 8.06. The third-order valence-electron chi connectivity index (χ3n) is 3.81. The van der Waals surface area contributed by atoms with Crippen molar-refractivity contribution < 1.29 is 18.7 Å². The van der Waals surface area contributed by atoms with Crippen LogP contribution >= 0.6 is 11.3 Å². The number of carbonyl (C=O) groups is 2. The number of hydrogen-bond donors (Lipinski definition) is 0. The largest absolute Gasteiger partial charge is 0.493 e. The molecule has 0 aliphatic carbocycles. The van der Waals surface area contributed by atoms with Crippen LogP contribution in [0.4, 0.5) is 5.13 Å². The number of nitrogens with zero attached hydrogens (tertiary/aromatic N) is 2. The van der Waals surface area contributed by atoms with Gasteiger partial charge >= 0.3 is 0 Å². The molecule has 3 aromatic rings. The van der Waals surface area contributed by atoms with Crippen molar-refractivity contribution in [3.05, 3.63) is 47.2 Å². The number of furan rings is 1. The number of hydrogen-bond acceptors (Lipinski definition) is 6. The van der Waals surface area contributed by atoms with Gasteiger partial charge in [-0.2, -0.15) is 0 Å². The van der Waals surface area contributed by atoms with Crippen molar-refractivity contribution in [1.82, 2.24) is 4.98 Å². The third kappa shape index (κ3) is 3.52. The van der Waals surface area contributed by atoms with Crippen LogP contribution in [0.25, 0.3) is 17.0 Å². The number of para-hydroxylation sites is 1. The molecule has 0 N–H and O–H groups in total. The summed E-state index contributed by atoms with van der Waals surface area (Å²) in [6.45, 7) is 3.93. The zero-order valence-corrected chi connectivity index (χ0v) is 15.5. The molecule has 0 saturated carbocycles. The fourth-order valence-electron chi connectivity index (χ4n) is 2.53. The highest BCUT2D eigenvalue weighted by atomic mass is 32.1. The Labute approximate surface area is 154 Å². The number of benzene rings is 1. The summed E-state index contributed by atoms with van der Waals surface area (Å²) in [6.07, 6.45) is 3.02. The van der Waals surface area contributed by atoms with Crippen molar-refractivity contribution >= 4 is 45.2 Å². The van der Waals surface area contributed by atoms with Gasteiger partial charge in [-0.15, -0.1) is 11.3 Å². The van der Waals surface area contributed by atoms with Gasteiger partial charge in [-0.25, -0.2) is 4.98 Å². The molecule has 0 aliphatic heterocycles. The molecule has 0 radical (unpaired) electrons. The van der Waals surface area contributed by atoms with Gasteiger partial charge in [-0.3, -0.25) is 14.5 Å². The molecule has 0 aliphatic rings. The van der Waals surface area contributed by atoms with Crippen molar-refractivity contribution in [3.63, 3.8) is 0 Å². The minimum Gasteiger partial charge on any atom is -0.493 e. The van der Waals surface area contributed by atoms with Gasteiger partial charge < -0.3 is 9.15 Å². The number of amides is 1. The van der Waals surface area contributed by atoms with Gasteiger partial charge in [-0.05, 0) is 31.2 Å². The molecular formula is C19H18N2O4S. The van der Waals surface area contributed by atoms with E-state index in [-0.39, 0.29) is 17.5 Å². The number of ketones is 1. The number of ether oxygens (including phenoxy) is 1. The molecule has 0 atom stereocenters. The molecule has 134 valence electrons. The SMILES string of the molecule is CCN(C(C)=O)c1nc(/C=C/C(=O)c2cc3cccc(OC)c3o2)cs1. The van der Waals surface area contributed by atoms with E-state index in [2.05, 4.69) is 4.98 Å². The highest BCUT2D eigenvalue weighted by Crippen LogP contribution is 2.29. The number of carbonyl (C=O) groups excluding carboxylic acids is 2. The van der Waals surface area contributed by atoms with Gasteiger partial charge in [0.05, 0.1) is 12.8 Å². The van der Waals surface area contributed by atoms with Crippen molar-refractivity contribution in [2.45, 2.75) is 13.8 Å². The maximum absolute atomic E-state index is 12.4. The number of allylic oxidation sites excluding steroid dienone is 1. The van der Waals surface area contributed by atoms with Crippen LogP contribution in [-0.2, 0) is 4.79 Å². The molecule has 1 amide bonds. The van der Waals surface area contributed by atoms with E-state index in [9.17, 15) is 9.59 Å². The molecule has 0 saturated heterocycles. The second kappa shape index (κ2) is 7.53. The number of fused-ring (bicyclic) bond motifs is 1. The van der Waals surface area contributed by atoms with Crippen LogP contribution in [0.1, 0.15) is 30.1 Å². The first kappa shape index (κ1) is 17.9. The topological polar surface area (TPSA) is 72.6 Å². The molecule has 0 fully saturated rings. The molecular weight excluding hydrogens is 352 g/mol. The van der Waals surface area contributed by atoms with Crippen LogP contribution in [-0.4, -0.2) is 30.3 Å². The van der Waals surface area contributed by atoms with Gasteiger partial charge in [0.25, 0.3) is 0 Å². The van der Waals surface area contributed by atoms with Gasteiger partial charge in [-0.1, -0.05) is 12.1 Å². The van der Waals surface area contributed by atoms with Crippen molar-refractivity contribution in [3.8, 4) is 5.75 Å². The minimum atomic E-state index is -0.267. The van der Waals surface area contributed by atoms with Crippen LogP contribution in [0.2, 0.25) is 0 Å². The zero-order chi connectivity index (χ0) is 18.7. The molecule has 0 spiro atoms. The maximum Gasteiger partial charge on any atom is 0.225 e. The molecule has 26 heavy (non-hydrogen) atoms. The number of anilines is 1. The van der Waals surface area contributed by atoms with E-state index in [1.807, 2.05) is 19.1 Å². The lowest BCUT2D eigenvalue weighted by molar-refractivity contribution is -0.116. The minimum absolute atomic E-state index is 0.0651. The van der Waals surface area contributed by atoms with Gasteiger partial charge in [0.1, 0.15) is 0 Å². The van der Waals surface area contributed by atoms with Crippen molar-refractivity contribution in [1.29, 1.82) is 0 Å². The molecule has 0 bridgehead atoms. The van der Waals surface area contributed by atoms with Crippen LogP contribution in [0.5, 0.6) is 5.75 Å². The van der Waals surface area contributed by atoms with E-state index in [0.29, 0.717) is 28.7 Å². The van der Waals surface area contributed by atoms with E-state index in [1.165, 1.54) is 24.3 Å². The van der Waals surface area contributed by atoms with Crippen LogP contribution in [0.15, 0.2) is 40.1 Å². The monoisotopic (exact) mass is 370 g/mol. The van der Waals surface area contributed by atoms with E-state index in [0.717, 1.165) is 5.39 Å². The number of thiazole rings is 1. The molecule has 6 nitrogen and oxygen atoms in total. The van der Waals surface area contributed by atoms with Crippen molar-refractivity contribution in [2.24, 2.45) is 0 Å². The van der Waals surface area contributed by atoms with Gasteiger partial charge in [0, 0.05) is 24.2 Å². The van der Waals surface area contributed by atoms with E-state index in [4.69, 9.17) is 9.15 Å². The predicted octanol–water partition coefficient (Wildman–Crippen LogP) is 4.17. The van der Waals surface area contributed by atoms with Crippen LogP contribution < -0.4 is 9.64 Å². The maximum atomic E-state index is 12.4. The lowest BCUT2D eigenvalue weighted by Crippen LogP contribution is -2.27. The third-order valence-corrected chi connectivity index (χ3v) is 4.70. The average molecular weight is 370 g/mol. The molecule has 3 rings (SSSR count). The summed E-state index contributed by atoms with van der Waals surface area (Å²) in [5.74, 6) is 0.482. The normalized spacial score (nSPS) is 11.2. The fourth-order valence-corrected chi connectivity index (χ4v) is 3.43. The summed E-state index contributed by atoms with van der Waals surface area (Å²) in [5.41, 5.74) is 1.16. The Hall–Kier alpha value is -2.93. The Morgan fingerprint density at radius 2 is 2.19 bits per heavy atom. The predicted molar refractivity (Wildman–Crippen MR) is 102 cm³/mol. The number of methoxy groups -OCH3 is 1. The summed E-state index contributed by atoms with van der Waals surface area (Å²) in [7, 11) is 1.55. The quantitative estimate of drug-likeness (QED) is 0.481. The molecule has 7 heteroatoms. The Morgan fingerprint density at radius 1 is 1.38 bits per heavy atom. The fraction of sp³-hybridized carbons (Fsp3) is 0.211. The molecule has 2 heterocycles. The van der Waals surface area contributed by atoms with E-state index < -0.39 is 0 Å². The average Bonchev–Trinajstić information content (AvgIpc) is 3.26. The van der Waals surface area contributed by atoms with Gasteiger partial charge in [0.15, 0.2) is 22.2 Å². The van der Waals surface area contributed by atoms with Gasteiger partial charge in [0.2, 0.25) is 11.7 Å². The Kier molecular flexibility index (Phi) is 5.18. The van der Waals surface area contributed by atoms with E-state index >= 15 is 0 Å². The first-order chi connectivity index (χ1) is 12.5. The second-order valence-electron chi connectivity index (χ2n) is 5.51. The van der Waals surface area contributed by atoms with Crippen LogP contribution in [0, 0.1) is 0 Å². The second-order valence-corrected chi connectivity index (χ2v) is 6.34. The highest BCUT2D eigenvalue weighted by Gasteiger charge is 2.14. The molecule has 1 aromatic carbocycles. The highest BCUT2D eigenvalue weighted by molar-refractivity contribution is 7.14. The summed E-state index contributed by atoms with van der Waals surface area (Å²) < 4.78 is 10.9. The lowest BCUT2D eigenvalue weighted by Gasteiger charge is -2.14. The zero-order valence-electron chi connectivity index (χ0n) is 14.7. The number of aromatic nitrogens is 1. The Morgan fingerprint density at radius 3 is 2.88 bits per heavy atom. The smallest absolute Gasteiger partial charge is 0.225 e. The Balaban J connectivity index is 1.80.